The van der Waals surface area contributed by atoms with E-state index in [0.29, 0.717) is 19.3 Å². The SMILES string of the molecule is O=C(NCC1(C(=O)NCC2CC(C(=O)O)CO2)CC1)OCC1c2ccccc2-c2ccccc21. The molecule has 34 heavy (non-hydrogen) atoms. The smallest absolute Gasteiger partial charge is 0.407 e. The van der Waals surface area contributed by atoms with Gasteiger partial charge in [0.05, 0.1) is 24.0 Å². The van der Waals surface area contributed by atoms with E-state index >= 15 is 0 Å². The van der Waals surface area contributed by atoms with Gasteiger partial charge in [-0.2, -0.15) is 0 Å². The van der Waals surface area contributed by atoms with Crippen LogP contribution in [0.4, 0.5) is 4.79 Å². The third kappa shape index (κ3) is 4.37. The van der Waals surface area contributed by atoms with Crippen molar-refractivity contribution in [1.29, 1.82) is 0 Å². The summed E-state index contributed by atoms with van der Waals surface area (Å²) in [6, 6.07) is 16.3. The van der Waals surface area contributed by atoms with Gasteiger partial charge < -0.3 is 25.2 Å². The van der Waals surface area contributed by atoms with Gasteiger partial charge in [0.2, 0.25) is 5.91 Å². The van der Waals surface area contributed by atoms with Gasteiger partial charge in [0.15, 0.2) is 0 Å². The summed E-state index contributed by atoms with van der Waals surface area (Å²) in [5.41, 5.74) is 4.00. The average molecular weight is 465 g/mol. The normalized spacial score (nSPS) is 21.9. The van der Waals surface area contributed by atoms with E-state index in [0.717, 1.165) is 11.1 Å². The zero-order valence-electron chi connectivity index (χ0n) is 18.8. The predicted octanol–water partition coefficient (Wildman–Crippen LogP) is 2.91. The Balaban J connectivity index is 1.10. The first kappa shape index (κ1) is 22.4. The molecule has 0 spiro atoms. The summed E-state index contributed by atoms with van der Waals surface area (Å²) < 4.78 is 11.0. The van der Waals surface area contributed by atoms with Crippen LogP contribution in [-0.2, 0) is 19.1 Å². The van der Waals surface area contributed by atoms with Crippen LogP contribution in [-0.4, -0.2) is 55.5 Å². The number of nitrogens with one attached hydrogen (secondary N) is 2. The Kier molecular flexibility index (Phi) is 6.00. The molecular weight excluding hydrogens is 436 g/mol. The molecule has 2 atom stereocenters. The predicted molar refractivity (Wildman–Crippen MR) is 123 cm³/mol. The molecule has 0 radical (unpaired) electrons. The lowest BCUT2D eigenvalue weighted by Gasteiger charge is -2.19. The lowest BCUT2D eigenvalue weighted by atomic mass is 9.98. The maximum atomic E-state index is 12.7. The standard InChI is InChI=1S/C26H28N2O6/c29-23(30)16-11-17(33-13-16)12-27-24(31)26(9-10-26)15-28-25(32)34-14-22-20-7-3-1-5-18(20)19-6-2-4-8-21(19)22/h1-8,16-17,22H,9-15H2,(H,27,31)(H,28,32)(H,29,30). The zero-order valence-corrected chi connectivity index (χ0v) is 18.8. The van der Waals surface area contributed by atoms with Gasteiger partial charge >= 0.3 is 12.1 Å². The molecule has 3 aliphatic rings. The molecule has 1 aliphatic heterocycles. The van der Waals surface area contributed by atoms with Crippen molar-refractivity contribution in [2.45, 2.75) is 31.3 Å². The summed E-state index contributed by atoms with van der Waals surface area (Å²) in [7, 11) is 0. The number of hydrogen-bond donors (Lipinski definition) is 3. The number of rotatable bonds is 8. The molecule has 2 fully saturated rings. The van der Waals surface area contributed by atoms with Crippen molar-refractivity contribution >= 4 is 18.0 Å². The number of alkyl carbamates (subject to hydrolysis) is 1. The highest BCUT2D eigenvalue weighted by atomic mass is 16.5. The van der Waals surface area contributed by atoms with Gasteiger partial charge in [0.1, 0.15) is 6.61 Å². The average Bonchev–Trinajstić information content (AvgIpc) is 3.37. The van der Waals surface area contributed by atoms with E-state index in [-0.39, 0.29) is 44.2 Å². The van der Waals surface area contributed by atoms with Crippen LogP contribution >= 0.6 is 0 Å². The number of ether oxygens (including phenoxy) is 2. The highest BCUT2D eigenvalue weighted by Gasteiger charge is 2.50. The number of hydrogen-bond acceptors (Lipinski definition) is 5. The molecule has 1 saturated heterocycles. The van der Waals surface area contributed by atoms with Crippen molar-refractivity contribution in [3.63, 3.8) is 0 Å². The number of fused-ring (bicyclic) bond motifs is 3. The lowest BCUT2D eigenvalue weighted by Crippen LogP contribution is -2.43. The summed E-state index contributed by atoms with van der Waals surface area (Å²) in [5.74, 6) is -1.56. The fourth-order valence-electron chi connectivity index (χ4n) is 4.94. The minimum absolute atomic E-state index is 0.0163. The Hall–Kier alpha value is -3.39. The third-order valence-electron chi connectivity index (χ3n) is 7.17. The van der Waals surface area contributed by atoms with E-state index in [4.69, 9.17) is 14.6 Å². The van der Waals surface area contributed by atoms with Gasteiger partial charge in [0, 0.05) is 19.0 Å². The quantitative estimate of drug-likeness (QED) is 0.554. The van der Waals surface area contributed by atoms with Crippen LogP contribution in [0, 0.1) is 11.3 Å². The Bertz CT molecular complexity index is 1070. The zero-order chi connectivity index (χ0) is 23.7. The Morgan fingerprint density at radius 2 is 1.65 bits per heavy atom. The number of carboxylic acids is 1. The molecular formula is C26H28N2O6. The largest absolute Gasteiger partial charge is 0.481 e. The Morgan fingerprint density at radius 3 is 2.24 bits per heavy atom. The molecule has 5 rings (SSSR count). The molecule has 2 aromatic rings. The highest BCUT2D eigenvalue weighted by Crippen LogP contribution is 2.46. The van der Waals surface area contributed by atoms with Gasteiger partial charge in [-0.3, -0.25) is 9.59 Å². The molecule has 0 aromatic heterocycles. The Morgan fingerprint density at radius 1 is 1.00 bits per heavy atom. The van der Waals surface area contributed by atoms with Crippen molar-refractivity contribution in [2.75, 3.05) is 26.3 Å². The van der Waals surface area contributed by atoms with Crippen molar-refractivity contribution < 1.29 is 29.0 Å². The minimum atomic E-state index is -0.875. The van der Waals surface area contributed by atoms with E-state index < -0.39 is 23.4 Å². The summed E-state index contributed by atoms with van der Waals surface area (Å²) in [6.07, 6.45) is 0.929. The maximum absolute atomic E-state index is 12.7. The summed E-state index contributed by atoms with van der Waals surface area (Å²) in [6.45, 7) is 0.876. The van der Waals surface area contributed by atoms with Crippen LogP contribution in [0.3, 0.4) is 0 Å². The van der Waals surface area contributed by atoms with Crippen molar-refractivity contribution in [3.8, 4) is 11.1 Å². The topological polar surface area (TPSA) is 114 Å². The minimum Gasteiger partial charge on any atom is -0.481 e. The van der Waals surface area contributed by atoms with E-state index in [1.807, 2.05) is 24.3 Å². The van der Waals surface area contributed by atoms with E-state index in [1.54, 1.807) is 0 Å². The summed E-state index contributed by atoms with van der Waals surface area (Å²) in [4.78, 5) is 36.2. The van der Waals surface area contributed by atoms with Gasteiger partial charge in [-0.25, -0.2) is 4.79 Å². The first-order chi connectivity index (χ1) is 16.5. The van der Waals surface area contributed by atoms with Crippen LogP contribution in [0.15, 0.2) is 48.5 Å². The fraction of sp³-hybridized carbons (Fsp3) is 0.423. The second kappa shape index (κ2) is 9.10. The molecule has 1 saturated carbocycles. The molecule has 8 heteroatoms. The van der Waals surface area contributed by atoms with Crippen molar-refractivity contribution in [3.05, 3.63) is 59.7 Å². The Labute approximate surface area is 197 Å². The van der Waals surface area contributed by atoms with E-state index in [1.165, 1.54) is 11.1 Å². The fourth-order valence-corrected chi connectivity index (χ4v) is 4.94. The second-order valence-corrected chi connectivity index (χ2v) is 9.40. The van der Waals surface area contributed by atoms with Crippen molar-refractivity contribution in [2.24, 2.45) is 11.3 Å². The lowest BCUT2D eigenvalue weighted by molar-refractivity contribution is -0.141. The molecule has 2 aromatic carbocycles. The van der Waals surface area contributed by atoms with E-state index in [9.17, 15) is 14.4 Å². The third-order valence-corrected chi connectivity index (χ3v) is 7.17. The molecule has 3 N–H and O–H groups in total. The molecule has 0 bridgehead atoms. The number of aliphatic carboxylic acids is 1. The van der Waals surface area contributed by atoms with Crippen LogP contribution in [0.5, 0.6) is 0 Å². The highest BCUT2D eigenvalue weighted by molar-refractivity contribution is 5.86. The second-order valence-electron chi connectivity index (χ2n) is 9.40. The van der Waals surface area contributed by atoms with Crippen LogP contribution in [0.25, 0.3) is 11.1 Å². The molecule has 2 amide bonds. The molecule has 2 unspecified atom stereocenters. The number of carboxylic acid groups (broad SMARTS) is 1. The monoisotopic (exact) mass is 464 g/mol. The van der Waals surface area contributed by atoms with E-state index in [2.05, 4.69) is 34.9 Å². The van der Waals surface area contributed by atoms with Crippen molar-refractivity contribution in [1.82, 2.24) is 10.6 Å². The first-order valence-electron chi connectivity index (χ1n) is 11.7. The molecule has 1 heterocycles. The first-order valence-corrected chi connectivity index (χ1v) is 11.7. The number of carbonyl (C=O) groups is 3. The summed E-state index contributed by atoms with van der Waals surface area (Å²) >= 11 is 0. The van der Waals surface area contributed by atoms with Crippen LogP contribution in [0.2, 0.25) is 0 Å². The number of benzene rings is 2. The van der Waals surface area contributed by atoms with Crippen LogP contribution in [0.1, 0.15) is 36.3 Å². The number of carbonyl (C=O) groups excluding carboxylic acids is 2. The number of amides is 2. The molecule has 2 aliphatic carbocycles. The molecule has 8 nitrogen and oxygen atoms in total. The van der Waals surface area contributed by atoms with Gasteiger partial charge in [-0.1, -0.05) is 48.5 Å². The van der Waals surface area contributed by atoms with Gasteiger partial charge in [-0.15, -0.1) is 0 Å². The van der Waals surface area contributed by atoms with Gasteiger partial charge in [-0.05, 0) is 41.5 Å². The summed E-state index contributed by atoms with van der Waals surface area (Å²) in [5, 5.41) is 14.7. The van der Waals surface area contributed by atoms with Gasteiger partial charge in [0.25, 0.3) is 0 Å². The van der Waals surface area contributed by atoms with Crippen LogP contribution < -0.4 is 10.6 Å². The molecule has 178 valence electrons. The maximum Gasteiger partial charge on any atom is 0.407 e.